The third-order valence-corrected chi connectivity index (χ3v) is 6.11. The van der Waals surface area contributed by atoms with Gasteiger partial charge in [0.2, 0.25) is 0 Å². The van der Waals surface area contributed by atoms with Gasteiger partial charge in [-0.25, -0.2) is 0 Å². The third kappa shape index (κ3) is 5.98. The Bertz CT molecular complexity index is 1110. The summed E-state index contributed by atoms with van der Waals surface area (Å²) in [5.41, 5.74) is 6.43. The summed E-state index contributed by atoms with van der Waals surface area (Å²) in [6, 6.07) is 25.0. The number of allylic oxidation sites excluding steroid dienone is 1. The Hall–Kier alpha value is -3.21. The molecular formula is C29H33N3O. The standard InChI is InChI=1S/C29H33N3O/c1-30(2)22-25-11-7-8-12-28(25)29(33)14-13-23-19-26(24-9-5-4-6-10-24)21-27(20-23)32-17-15-31(3)16-18-32/h4-14,19-21H,15-18,22H2,1-3H3. The quantitative estimate of drug-likeness (QED) is 0.380. The Morgan fingerprint density at radius 3 is 2.30 bits per heavy atom. The smallest absolute Gasteiger partial charge is 0.186 e. The molecule has 0 unspecified atom stereocenters. The van der Waals surface area contributed by atoms with Crippen LogP contribution in [0.25, 0.3) is 17.2 Å². The molecule has 0 atom stereocenters. The Labute approximate surface area is 197 Å². The number of anilines is 1. The highest BCUT2D eigenvalue weighted by Gasteiger charge is 2.16. The van der Waals surface area contributed by atoms with Gasteiger partial charge in [-0.05, 0) is 67.7 Å². The zero-order valence-electron chi connectivity index (χ0n) is 19.9. The van der Waals surface area contributed by atoms with E-state index in [1.54, 1.807) is 6.08 Å². The molecule has 170 valence electrons. The van der Waals surface area contributed by atoms with E-state index in [1.807, 2.05) is 50.5 Å². The van der Waals surface area contributed by atoms with Crippen LogP contribution in [-0.2, 0) is 6.54 Å². The Kier molecular flexibility index (Phi) is 7.38. The average molecular weight is 440 g/mol. The van der Waals surface area contributed by atoms with E-state index >= 15 is 0 Å². The van der Waals surface area contributed by atoms with Crippen LogP contribution >= 0.6 is 0 Å². The van der Waals surface area contributed by atoms with E-state index < -0.39 is 0 Å². The molecule has 1 heterocycles. The number of benzene rings is 3. The fourth-order valence-electron chi connectivity index (χ4n) is 4.28. The van der Waals surface area contributed by atoms with Gasteiger partial charge in [0.1, 0.15) is 0 Å². The summed E-state index contributed by atoms with van der Waals surface area (Å²) in [7, 11) is 6.21. The molecule has 1 saturated heterocycles. The molecular weight excluding hydrogens is 406 g/mol. The lowest BCUT2D eigenvalue weighted by atomic mass is 9.99. The molecule has 0 N–H and O–H groups in total. The van der Waals surface area contributed by atoms with Crippen LogP contribution in [0.15, 0.2) is 78.9 Å². The minimum atomic E-state index is 0.0405. The molecule has 0 amide bonds. The summed E-state index contributed by atoms with van der Waals surface area (Å²) in [6.45, 7) is 4.88. The fraction of sp³-hybridized carbons (Fsp3) is 0.276. The maximum atomic E-state index is 13.1. The Balaban J connectivity index is 1.65. The van der Waals surface area contributed by atoms with E-state index in [9.17, 15) is 4.79 Å². The number of ketones is 1. The van der Waals surface area contributed by atoms with Gasteiger partial charge < -0.3 is 14.7 Å². The number of carbonyl (C=O) groups excluding carboxylic acids is 1. The lowest BCUT2D eigenvalue weighted by Crippen LogP contribution is -2.44. The van der Waals surface area contributed by atoms with Crippen LogP contribution < -0.4 is 4.90 Å². The van der Waals surface area contributed by atoms with Crippen LogP contribution in [0.4, 0.5) is 5.69 Å². The average Bonchev–Trinajstić information content (AvgIpc) is 2.83. The van der Waals surface area contributed by atoms with E-state index in [1.165, 1.54) is 16.8 Å². The van der Waals surface area contributed by atoms with Crippen LogP contribution in [0.1, 0.15) is 21.5 Å². The second-order valence-corrected chi connectivity index (χ2v) is 9.06. The normalized spacial score (nSPS) is 14.8. The molecule has 1 aliphatic rings. The third-order valence-electron chi connectivity index (χ3n) is 6.11. The summed E-state index contributed by atoms with van der Waals surface area (Å²) in [4.78, 5) is 20.0. The molecule has 1 fully saturated rings. The Morgan fingerprint density at radius 1 is 0.879 bits per heavy atom. The van der Waals surface area contributed by atoms with E-state index in [2.05, 4.69) is 64.2 Å². The summed E-state index contributed by atoms with van der Waals surface area (Å²) in [5, 5.41) is 0. The molecule has 0 spiro atoms. The molecule has 0 saturated carbocycles. The summed E-state index contributed by atoms with van der Waals surface area (Å²) in [6.07, 6.45) is 3.67. The van der Waals surface area contributed by atoms with Crippen molar-refractivity contribution in [3.05, 3.63) is 95.6 Å². The SMILES string of the molecule is CN(C)Cc1ccccc1C(=O)C=Cc1cc(-c2ccccc2)cc(N2CCN(C)CC2)c1. The maximum absolute atomic E-state index is 13.1. The second-order valence-electron chi connectivity index (χ2n) is 9.06. The number of hydrogen-bond acceptors (Lipinski definition) is 4. The monoisotopic (exact) mass is 439 g/mol. The summed E-state index contributed by atoms with van der Waals surface area (Å²) >= 11 is 0. The van der Waals surface area contributed by atoms with Crippen molar-refractivity contribution < 1.29 is 4.79 Å². The Morgan fingerprint density at radius 2 is 1.58 bits per heavy atom. The van der Waals surface area contributed by atoms with Crippen LogP contribution in [0.3, 0.4) is 0 Å². The largest absolute Gasteiger partial charge is 0.369 e. The number of carbonyl (C=O) groups is 1. The van der Waals surface area contributed by atoms with Crippen LogP contribution in [0.2, 0.25) is 0 Å². The highest BCUT2D eigenvalue weighted by Crippen LogP contribution is 2.28. The van der Waals surface area contributed by atoms with Gasteiger partial charge in [-0.1, -0.05) is 60.7 Å². The molecule has 4 nitrogen and oxygen atoms in total. The van der Waals surface area contributed by atoms with Crippen molar-refractivity contribution in [2.75, 3.05) is 52.2 Å². The van der Waals surface area contributed by atoms with Gasteiger partial charge in [0.25, 0.3) is 0 Å². The number of likely N-dealkylation sites (N-methyl/N-ethyl adjacent to an activating group) is 1. The first kappa shape index (κ1) is 23.0. The molecule has 0 bridgehead atoms. The minimum Gasteiger partial charge on any atom is -0.369 e. The number of piperazine rings is 1. The van der Waals surface area contributed by atoms with E-state index in [0.717, 1.165) is 49.4 Å². The summed E-state index contributed by atoms with van der Waals surface area (Å²) in [5.74, 6) is 0.0405. The van der Waals surface area contributed by atoms with Crippen molar-refractivity contribution in [2.24, 2.45) is 0 Å². The van der Waals surface area contributed by atoms with Gasteiger partial charge >= 0.3 is 0 Å². The van der Waals surface area contributed by atoms with Crippen molar-refractivity contribution in [3.63, 3.8) is 0 Å². The molecule has 4 heteroatoms. The first-order valence-corrected chi connectivity index (χ1v) is 11.6. The first-order valence-electron chi connectivity index (χ1n) is 11.6. The highest BCUT2D eigenvalue weighted by molar-refractivity contribution is 6.07. The van der Waals surface area contributed by atoms with Gasteiger partial charge in [-0.2, -0.15) is 0 Å². The van der Waals surface area contributed by atoms with E-state index in [4.69, 9.17) is 0 Å². The van der Waals surface area contributed by atoms with E-state index in [-0.39, 0.29) is 5.78 Å². The van der Waals surface area contributed by atoms with Crippen molar-refractivity contribution in [3.8, 4) is 11.1 Å². The van der Waals surface area contributed by atoms with Gasteiger partial charge in [0, 0.05) is 44.0 Å². The zero-order valence-corrected chi connectivity index (χ0v) is 19.9. The molecule has 3 aromatic carbocycles. The lowest BCUT2D eigenvalue weighted by Gasteiger charge is -2.34. The van der Waals surface area contributed by atoms with Gasteiger partial charge in [0.15, 0.2) is 5.78 Å². The molecule has 0 aliphatic carbocycles. The van der Waals surface area contributed by atoms with Gasteiger partial charge in [0.05, 0.1) is 0 Å². The number of rotatable bonds is 7. The maximum Gasteiger partial charge on any atom is 0.186 e. The predicted molar refractivity (Wildman–Crippen MR) is 139 cm³/mol. The molecule has 3 aromatic rings. The molecule has 1 aliphatic heterocycles. The zero-order chi connectivity index (χ0) is 23.2. The minimum absolute atomic E-state index is 0.0405. The molecule has 33 heavy (non-hydrogen) atoms. The predicted octanol–water partition coefficient (Wildman–Crippen LogP) is 5.06. The van der Waals surface area contributed by atoms with Crippen molar-refractivity contribution >= 4 is 17.5 Å². The topological polar surface area (TPSA) is 26.8 Å². The van der Waals surface area contributed by atoms with Crippen molar-refractivity contribution in [2.45, 2.75) is 6.54 Å². The molecule has 0 aromatic heterocycles. The van der Waals surface area contributed by atoms with Gasteiger partial charge in [-0.15, -0.1) is 0 Å². The van der Waals surface area contributed by atoms with Crippen molar-refractivity contribution in [1.29, 1.82) is 0 Å². The fourth-order valence-corrected chi connectivity index (χ4v) is 4.28. The number of hydrogen-bond donors (Lipinski definition) is 0. The second kappa shape index (κ2) is 10.6. The van der Waals surface area contributed by atoms with E-state index in [0.29, 0.717) is 0 Å². The molecule has 0 radical (unpaired) electrons. The number of nitrogens with zero attached hydrogens (tertiary/aromatic N) is 3. The first-order chi connectivity index (χ1) is 16.0. The summed E-state index contributed by atoms with van der Waals surface area (Å²) < 4.78 is 0. The molecule has 4 rings (SSSR count). The van der Waals surface area contributed by atoms with Crippen molar-refractivity contribution in [1.82, 2.24) is 9.80 Å². The van der Waals surface area contributed by atoms with Crippen LogP contribution in [0, 0.1) is 0 Å². The van der Waals surface area contributed by atoms with Crippen LogP contribution in [-0.4, -0.2) is 62.9 Å². The lowest BCUT2D eigenvalue weighted by molar-refractivity contribution is 0.104. The highest BCUT2D eigenvalue weighted by atomic mass is 16.1. The van der Waals surface area contributed by atoms with Crippen LogP contribution in [0.5, 0.6) is 0 Å². The van der Waals surface area contributed by atoms with Gasteiger partial charge in [-0.3, -0.25) is 4.79 Å².